The van der Waals surface area contributed by atoms with Crippen LogP contribution in [0.3, 0.4) is 0 Å². The minimum absolute atomic E-state index is 0.436. The Hall–Kier alpha value is -0.870. The van der Waals surface area contributed by atoms with Crippen molar-refractivity contribution >= 4 is 17.4 Å². The van der Waals surface area contributed by atoms with E-state index in [-0.39, 0.29) is 0 Å². The van der Waals surface area contributed by atoms with Gasteiger partial charge in [0.1, 0.15) is 0 Å². The highest BCUT2D eigenvalue weighted by Crippen LogP contribution is 2.22. The first-order valence-corrected chi connectivity index (χ1v) is 5.40. The lowest BCUT2D eigenvalue weighted by Crippen LogP contribution is -2.22. The normalized spacial score (nSPS) is 20.9. The van der Waals surface area contributed by atoms with Crippen LogP contribution in [0, 0.1) is 5.92 Å². The fraction of sp³-hybridized carbons (Fsp3) is 0.600. The van der Waals surface area contributed by atoms with Crippen LogP contribution >= 0.6 is 11.6 Å². The van der Waals surface area contributed by atoms with Crippen molar-refractivity contribution in [2.45, 2.75) is 6.42 Å². The summed E-state index contributed by atoms with van der Waals surface area (Å²) in [4.78, 5) is 2.22. The average molecular weight is 228 g/mol. The molecule has 0 radical (unpaired) electrons. The van der Waals surface area contributed by atoms with E-state index in [1.165, 1.54) is 0 Å². The van der Waals surface area contributed by atoms with Gasteiger partial charge in [0.15, 0.2) is 11.0 Å². The summed E-state index contributed by atoms with van der Waals surface area (Å²) in [7, 11) is 1.74. The van der Waals surface area contributed by atoms with E-state index in [0.717, 1.165) is 31.9 Å². The number of methoxy groups -OCH3 is 1. The van der Waals surface area contributed by atoms with Crippen molar-refractivity contribution in [2.75, 3.05) is 31.7 Å². The van der Waals surface area contributed by atoms with Crippen molar-refractivity contribution in [3.05, 3.63) is 17.3 Å². The van der Waals surface area contributed by atoms with Gasteiger partial charge in [-0.25, -0.2) is 0 Å². The Labute approximate surface area is 94.2 Å². The molecule has 0 bridgehead atoms. The van der Waals surface area contributed by atoms with Crippen LogP contribution in [0.1, 0.15) is 6.42 Å². The predicted octanol–water partition coefficient (Wildman–Crippen LogP) is 1.60. The molecule has 0 saturated carbocycles. The molecule has 5 heteroatoms. The van der Waals surface area contributed by atoms with E-state index in [1.807, 2.05) is 6.07 Å². The molecule has 0 N–H and O–H groups in total. The van der Waals surface area contributed by atoms with Crippen LogP contribution in [0.4, 0.5) is 5.82 Å². The number of ether oxygens (including phenoxy) is 1. The van der Waals surface area contributed by atoms with Gasteiger partial charge < -0.3 is 9.64 Å². The predicted molar refractivity (Wildman–Crippen MR) is 59.2 cm³/mol. The zero-order valence-electron chi connectivity index (χ0n) is 8.69. The largest absolute Gasteiger partial charge is 0.384 e. The van der Waals surface area contributed by atoms with Gasteiger partial charge in [-0.05, 0) is 18.6 Å². The molecule has 4 nitrogen and oxygen atoms in total. The summed E-state index contributed by atoms with van der Waals surface area (Å²) in [6, 6.07) is 3.68. The number of nitrogens with zero attached hydrogens (tertiary/aromatic N) is 3. The third-order valence-electron chi connectivity index (χ3n) is 2.63. The maximum Gasteiger partial charge on any atom is 0.151 e. The summed E-state index contributed by atoms with van der Waals surface area (Å²) in [5, 5.41) is 8.33. The monoisotopic (exact) mass is 227 g/mol. The van der Waals surface area contributed by atoms with Crippen LogP contribution in [0.5, 0.6) is 0 Å². The van der Waals surface area contributed by atoms with Crippen LogP contribution in [0.25, 0.3) is 0 Å². The van der Waals surface area contributed by atoms with E-state index in [9.17, 15) is 0 Å². The molecule has 1 atom stereocenters. The Morgan fingerprint density at radius 2 is 2.40 bits per heavy atom. The van der Waals surface area contributed by atoms with Gasteiger partial charge >= 0.3 is 0 Å². The maximum atomic E-state index is 5.68. The molecular formula is C10H14ClN3O. The van der Waals surface area contributed by atoms with Gasteiger partial charge in [-0.2, -0.15) is 0 Å². The maximum absolute atomic E-state index is 5.68. The minimum Gasteiger partial charge on any atom is -0.384 e. The molecule has 15 heavy (non-hydrogen) atoms. The van der Waals surface area contributed by atoms with Crippen molar-refractivity contribution in [3.63, 3.8) is 0 Å². The van der Waals surface area contributed by atoms with Gasteiger partial charge in [0, 0.05) is 26.1 Å². The zero-order chi connectivity index (χ0) is 10.7. The third kappa shape index (κ3) is 2.58. The van der Waals surface area contributed by atoms with Crippen molar-refractivity contribution < 1.29 is 4.74 Å². The fourth-order valence-electron chi connectivity index (χ4n) is 1.89. The Kier molecular flexibility index (Phi) is 3.38. The molecule has 0 aromatic carbocycles. The van der Waals surface area contributed by atoms with E-state index in [1.54, 1.807) is 13.2 Å². The Morgan fingerprint density at radius 1 is 1.53 bits per heavy atom. The smallest absolute Gasteiger partial charge is 0.151 e. The molecular weight excluding hydrogens is 214 g/mol. The summed E-state index contributed by atoms with van der Waals surface area (Å²) >= 11 is 5.68. The van der Waals surface area contributed by atoms with Gasteiger partial charge in [0.25, 0.3) is 0 Å². The molecule has 0 aliphatic carbocycles. The van der Waals surface area contributed by atoms with Crippen molar-refractivity contribution in [1.29, 1.82) is 0 Å². The molecule has 82 valence electrons. The zero-order valence-corrected chi connectivity index (χ0v) is 9.44. The highest BCUT2D eigenvalue weighted by atomic mass is 35.5. The van der Waals surface area contributed by atoms with Gasteiger partial charge in [0.2, 0.25) is 0 Å². The highest BCUT2D eigenvalue weighted by molar-refractivity contribution is 6.29. The van der Waals surface area contributed by atoms with Crippen LogP contribution in [-0.4, -0.2) is 37.0 Å². The summed E-state index contributed by atoms with van der Waals surface area (Å²) in [5.41, 5.74) is 0. The molecule has 1 aromatic rings. The van der Waals surface area contributed by atoms with E-state index < -0.39 is 0 Å². The molecule has 1 aliphatic rings. The molecule has 1 saturated heterocycles. The molecule has 0 unspecified atom stereocenters. The lowest BCUT2D eigenvalue weighted by Gasteiger charge is -2.16. The van der Waals surface area contributed by atoms with Crippen molar-refractivity contribution in [2.24, 2.45) is 5.92 Å². The van der Waals surface area contributed by atoms with E-state index >= 15 is 0 Å². The second-order valence-electron chi connectivity index (χ2n) is 3.77. The van der Waals surface area contributed by atoms with Gasteiger partial charge in [-0.1, -0.05) is 11.6 Å². The molecule has 2 heterocycles. The van der Waals surface area contributed by atoms with Crippen molar-refractivity contribution in [1.82, 2.24) is 10.2 Å². The molecule has 1 aromatic heterocycles. The van der Waals surface area contributed by atoms with Crippen LogP contribution in [0.15, 0.2) is 12.1 Å². The summed E-state index contributed by atoms with van der Waals surface area (Å²) in [6.45, 7) is 2.83. The lowest BCUT2D eigenvalue weighted by atomic mass is 10.1. The van der Waals surface area contributed by atoms with Gasteiger partial charge in [-0.15, -0.1) is 10.2 Å². The Morgan fingerprint density at radius 3 is 3.07 bits per heavy atom. The minimum atomic E-state index is 0.436. The lowest BCUT2D eigenvalue weighted by molar-refractivity contribution is 0.161. The highest BCUT2D eigenvalue weighted by Gasteiger charge is 2.23. The number of hydrogen-bond acceptors (Lipinski definition) is 4. The van der Waals surface area contributed by atoms with Crippen LogP contribution in [-0.2, 0) is 4.74 Å². The van der Waals surface area contributed by atoms with Crippen LogP contribution in [0.2, 0.25) is 5.15 Å². The first-order chi connectivity index (χ1) is 7.29. The SMILES string of the molecule is COC[C@H]1CCN(c2ccc(Cl)nn2)C1. The molecule has 0 spiro atoms. The number of hydrogen-bond donors (Lipinski definition) is 0. The number of halogens is 1. The standard InChI is InChI=1S/C10H14ClN3O/c1-15-7-8-4-5-14(6-8)10-3-2-9(11)12-13-10/h2-3,8H,4-7H2,1H3/t8-/m0/s1. The third-order valence-corrected chi connectivity index (χ3v) is 2.83. The average Bonchev–Trinajstić information content (AvgIpc) is 2.68. The second-order valence-corrected chi connectivity index (χ2v) is 4.16. The van der Waals surface area contributed by atoms with Crippen molar-refractivity contribution in [3.8, 4) is 0 Å². The fourth-order valence-corrected chi connectivity index (χ4v) is 1.99. The van der Waals surface area contributed by atoms with Crippen LogP contribution < -0.4 is 4.90 Å². The molecule has 0 amide bonds. The number of rotatable bonds is 3. The summed E-state index contributed by atoms with van der Waals surface area (Å²) in [5.74, 6) is 1.51. The van der Waals surface area contributed by atoms with E-state index in [2.05, 4.69) is 15.1 Å². The van der Waals surface area contributed by atoms with Gasteiger partial charge in [0.05, 0.1) is 6.61 Å². The first kappa shape index (κ1) is 10.6. The number of aromatic nitrogens is 2. The molecule has 1 fully saturated rings. The number of anilines is 1. The summed E-state index contributed by atoms with van der Waals surface area (Å²) < 4.78 is 5.15. The Balaban J connectivity index is 1.98. The van der Waals surface area contributed by atoms with E-state index in [0.29, 0.717) is 11.1 Å². The second kappa shape index (κ2) is 4.77. The topological polar surface area (TPSA) is 38.2 Å². The van der Waals surface area contributed by atoms with E-state index in [4.69, 9.17) is 16.3 Å². The quantitative estimate of drug-likeness (QED) is 0.786. The molecule has 2 rings (SSSR count). The van der Waals surface area contributed by atoms with Gasteiger partial charge in [-0.3, -0.25) is 0 Å². The Bertz CT molecular complexity index is 317. The summed E-state index contributed by atoms with van der Waals surface area (Å²) in [6.07, 6.45) is 1.15. The molecule has 1 aliphatic heterocycles. The first-order valence-electron chi connectivity index (χ1n) is 5.02.